The molecule has 6 rings (SSSR count). The van der Waals surface area contributed by atoms with Gasteiger partial charge in [0.15, 0.2) is 11.5 Å². The lowest BCUT2D eigenvalue weighted by atomic mass is 9.83. The molecule has 160 valence electrons. The molecule has 7 nitrogen and oxygen atoms in total. The largest absolute Gasteiger partial charge is 0.454 e. The van der Waals surface area contributed by atoms with E-state index in [4.69, 9.17) is 19.9 Å². The summed E-state index contributed by atoms with van der Waals surface area (Å²) in [6.45, 7) is 0.123. The molecule has 0 amide bonds. The van der Waals surface area contributed by atoms with Crippen molar-refractivity contribution in [1.29, 1.82) is 5.26 Å². The van der Waals surface area contributed by atoms with E-state index in [1.54, 1.807) is 16.7 Å². The Hall–Kier alpha value is -4.70. The zero-order valence-electron chi connectivity index (χ0n) is 17.3. The summed E-state index contributed by atoms with van der Waals surface area (Å²) in [4.78, 5) is 14.1. The molecule has 2 aliphatic rings. The van der Waals surface area contributed by atoms with E-state index in [9.17, 15) is 10.1 Å². The highest BCUT2D eigenvalue weighted by molar-refractivity contribution is 5.89. The molecule has 3 aromatic carbocycles. The highest BCUT2D eigenvalue weighted by atomic mass is 16.7. The summed E-state index contributed by atoms with van der Waals surface area (Å²) < 4.78 is 18.5. The molecule has 7 heteroatoms. The molecule has 2 N–H and O–H groups in total. The Balaban J connectivity index is 1.71. The summed E-state index contributed by atoms with van der Waals surface area (Å²) in [6, 6.07) is 24.4. The van der Waals surface area contributed by atoms with Crippen LogP contribution in [0.4, 0.5) is 0 Å². The van der Waals surface area contributed by atoms with Gasteiger partial charge in [-0.3, -0.25) is 9.36 Å². The van der Waals surface area contributed by atoms with Crippen molar-refractivity contribution in [2.24, 2.45) is 5.73 Å². The average Bonchev–Trinajstić information content (AvgIpc) is 3.32. The van der Waals surface area contributed by atoms with Gasteiger partial charge in [-0.15, -0.1) is 0 Å². The van der Waals surface area contributed by atoms with Gasteiger partial charge in [-0.05, 0) is 42.0 Å². The quantitative estimate of drug-likeness (QED) is 0.512. The van der Waals surface area contributed by atoms with Crippen molar-refractivity contribution >= 4 is 10.9 Å². The first kappa shape index (κ1) is 19.0. The molecule has 0 fully saturated rings. The fourth-order valence-electron chi connectivity index (χ4n) is 4.53. The second-order valence-electron chi connectivity index (χ2n) is 7.77. The number of hydrogen-bond acceptors (Lipinski definition) is 6. The van der Waals surface area contributed by atoms with Crippen LogP contribution < -0.4 is 25.5 Å². The maximum atomic E-state index is 14.1. The zero-order chi connectivity index (χ0) is 22.5. The number of para-hydroxylation sites is 2. The molecule has 1 aromatic heterocycles. The third-order valence-electron chi connectivity index (χ3n) is 5.99. The molecule has 3 heterocycles. The highest BCUT2D eigenvalue weighted by Crippen LogP contribution is 2.45. The smallest absolute Gasteiger partial charge is 0.263 e. The highest BCUT2D eigenvalue weighted by Gasteiger charge is 2.36. The fourth-order valence-corrected chi connectivity index (χ4v) is 4.53. The number of benzene rings is 3. The van der Waals surface area contributed by atoms with Crippen molar-refractivity contribution in [3.63, 3.8) is 0 Å². The number of aromatic nitrogens is 1. The second-order valence-corrected chi connectivity index (χ2v) is 7.77. The van der Waals surface area contributed by atoms with Crippen LogP contribution in [-0.2, 0) is 0 Å². The third-order valence-corrected chi connectivity index (χ3v) is 5.99. The average molecular weight is 435 g/mol. The van der Waals surface area contributed by atoms with E-state index in [2.05, 4.69) is 6.07 Å². The standard InChI is InChI=1S/C26H17N3O4/c27-13-18-22(15-10-11-20-21(12-15)32-14-31-20)23-24(33-25(18)28)17-8-4-5-9-19(17)29(26(23)30)16-6-2-1-3-7-16/h1-12,22H,14,28H2/t22-/m0/s1. The van der Waals surface area contributed by atoms with Crippen molar-refractivity contribution in [1.82, 2.24) is 4.57 Å². The SMILES string of the molecule is N#CC1=C(N)Oc2c(c(=O)n(-c3ccccc3)c3ccccc23)[C@H]1c1ccc2c(c1)OCO2. The van der Waals surface area contributed by atoms with E-state index < -0.39 is 5.92 Å². The van der Waals surface area contributed by atoms with Crippen molar-refractivity contribution in [2.45, 2.75) is 5.92 Å². The molecule has 2 aliphatic heterocycles. The van der Waals surface area contributed by atoms with Gasteiger partial charge in [-0.1, -0.05) is 36.4 Å². The molecule has 0 spiro atoms. The molecule has 0 saturated heterocycles. The summed E-state index contributed by atoms with van der Waals surface area (Å²) in [5.74, 6) is 0.791. The lowest BCUT2D eigenvalue weighted by molar-refractivity contribution is 0.174. The van der Waals surface area contributed by atoms with E-state index >= 15 is 0 Å². The summed E-state index contributed by atoms with van der Waals surface area (Å²) >= 11 is 0. The van der Waals surface area contributed by atoms with Crippen LogP contribution in [0.3, 0.4) is 0 Å². The molecule has 1 atom stereocenters. The third kappa shape index (κ3) is 2.78. The number of ether oxygens (including phenoxy) is 3. The van der Waals surface area contributed by atoms with E-state index in [0.29, 0.717) is 39.6 Å². The first-order valence-electron chi connectivity index (χ1n) is 10.4. The van der Waals surface area contributed by atoms with Gasteiger partial charge in [0.2, 0.25) is 12.7 Å². The van der Waals surface area contributed by atoms with E-state index in [1.807, 2.05) is 60.7 Å². The first-order valence-corrected chi connectivity index (χ1v) is 10.4. The molecule has 0 bridgehead atoms. The Morgan fingerprint density at radius 1 is 0.970 bits per heavy atom. The van der Waals surface area contributed by atoms with Crippen LogP contribution in [0.5, 0.6) is 17.2 Å². The molecular weight excluding hydrogens is 418 g/mol. The molecular formula is C26H17N3O4. The minimum Gasteiger partial charge on any atom is -0.454 e. The monoisotopic (exact) mass is 435 g/mol. The van der Waals surface area contributed by atoms with Gasteiger partial charge in [0.25, 0.3) is 5.56 Å². The first-order chi connectivity index (χ1) is 16.2. The van der Waals surface area contributed by atoms with E-state index in [1.165, 1.54) is 0 Å². The predicted molar refractivity (Wildman–Crippen MR) is 121 cm³/mol. The summed E-state index contributed by atoms with van der Waals surface area (Å²) in [6.07, 6.45) is 0. The molecule has 0 aliphatic carbocycles. The molecule has 33 heavy (non-hydrogen) atoms. The van der Waals surface area contributed by atoms with Crippen LogP contribution in [0.15, 0.2) is 89.0 Å². The lowest BCUT2D eigenvalue weighted by Crippen LogP contribution is -2.31. The van der Waals surface area contributed by atoms with Crippen LogP contribution in [0.1, 0.15) is 17.0 Å². The van der Waals surface area contributed by atoms with Gasteiger partial charge in [-0.25, -0.2) is 0 Å². The van der Waals surface area contributed by atoms with Crippen molar-refractivity contribution in [2.75, 3.05) is 6.79 Å². The normalized spacial score (nSPS) is 16.3. The summed E-state index contributed by atoms with van der Waals surface area (Å²) in [7, 11) is 0. The minimum absolute atomic E-state index is 0.0188. The Morgan fingerprint density at radius 2 is 1.73 bits per heavy atom. The number of allylic oxidation sites excluding steroid dienone is 1. The molecule has 0 unspecified atom stereocenters. The molecule has 0 saturated carbocycles. The Labute approximate surface area is 188 Å². The van der Waals surface area contributed by atoms with Crippen LogP contribution in [0, 0.1) is 11.3 Å². The summed E-state index contributed by atoms with van der Waals surface area (Å²) in [5.41, 5.74) is 8.54. The van der Waals surface area contributed by atoms with Crippen molar-refractivity contribution in [3.05, 3.63) is 106 Å². The fraction of sp³-hybridized carbons (Fsp3) is 0.0769. The Kier molecular flexibility index (Phi) is 4.14. The molecule has 0 radical (unpaired) electrons. The number of hydrogen-bond donors (Lipinski definition) is 1. The van der Waals surface area contributed by atoms with Gasteiger partial charge in [0.05, 0.1) is 17.0 Å². The number of nitrogens with two attached hydrogens (primary N) is 1. The number of nitriles is 1. The maximum absolute atomic E-state index is 14.1. The van der Waals surface area contributed by atoms with Gasteiger partial charge < -0.3 is 19.9 Å². The minimum atomic E-state index is -0.722. The van der Waals surface area contributed by atoms with Gasteiger partial charge in [0, 0.05) is 11.1 Å². The van der Waals surface area contributed by atoms with E-state index in [-0.39, 0.29) is 23.8 Å². The lowest BCUT2D eigenvalue weighted by Gasteiger charge is -2.28. The van der Waals surface area contributed by atoms with Crippen molar-refractivity contribution < 1.29 is 14.2 Å². The van der Waals surface area contributed by atoms with Crippen molar-refractivity contribution in [3.8, 4) is 29.0 Å². The number of fused-ring (bicyclic) bond motifs is 4. The van der Waals surface area contributed by atoms with Gasteiger partial charge >= 0.3 is 0 Å². The van der Waals surface area contributed by atoms with Crippen LogP contribution in [0.25, 0.3) is 16.6 Å². The second kappa shape index (κ2) is 7.18. The predicted octanol–water partition coefficient (Wildman–Crippen LogP) is 3.94. The number of rotatable bonds is 2. The topological polar surface area (TPSA) is 99.5 Å². The zero-order valence-corrected chi connectivity index (χ0v) is 17.3. The number of nitrogens with zero attached hydrogens (tertiary/aromatic N) is 2. The Morgan fingerprint density at radius 3 is 2.55 bits per heavy atom. The summed E-state index contributed by atoms with van der Waals surface area (Å²) in [5, 5.41) is 10.7. The maximum Gasteiger partial charge on any atom is 0.263 e. The van der Waals surface area contributed by atoms with E-state index in [0.717, 1.165) is 5.39 Å². The molecule has 4 aromatic rings. The van der Waals surface area contributed by atoms with Gasteiger partial charge in [-0.2, -0.15) is 5.26 Å². The van der Waals surface area contributed by atoms with Crippen LogP contribution in [0.2, 0.25) is 0 Å². The van der Waals surface area contributed by atoms with Crippen LogP contribution in [-0.4, -0.2) is 11.4 Å². The Bertz CT molecular complexity index is 1560. The van der Waals surface area contributed by atoms with Gasteiger partial charge in [0.1, 0.15) is 17.4 Å². The van der Waals surface area contributed by atoms with Crippen LogP contribution >= 0.6 is 0 Å². The number of pyridine rings is 1.